The van der Waals surface area contributed by atoms with Crippen molar-refractivity contribution in [3.63, 3.8) is 0 Å². The zero-order chi connectivity index (χ0) is 33.3. The summed E-state index contributed by atoms with van der Waals surface area (Å²) in [6.07, 6.45) is 5.39. The lowest BCUT2D eigenvalue weighted by Gasteiger charge is -2.34. The molecule has 1 aliphatic carbocycles. The Morgan fingerprint density at radius 3 is 2.11 bits per heavy atom. The maximum Gasteiger partial charge on any atom is 0.264 e. The van der Waals surface area contributed by atoms with Crippen LogP contribution in [0.3, 0.4) is 0 Å². The van der Waals surface area contributed by atoms with Crippen LogP contribution >= 0.6 is 0 Å². The third-order valence-corrected chi connectivity index (χ3v) is 10.2. The van der Waals surface area contributed by atoms with Crippen molar-refractivity contribution in [2.75, 3.05) is 32.2 Å². The van der Waals surface area contributed by atoms with E-state index in [1.165, 1.54) is 37.3 Å². The number of carbonyl (C=O) groups is 2. The van der Waals surface area contributed by atoms with Gasteiger partial charge in [0.05, 0.1) is 31.9 Å². The largest absolute Gasteiger partial charge is 0.497 e. The zero-order valence-electron chi connectivity index (χ0n) is 27.3. The van der Waals surface area contributed by atoms with E-state index in [1.807, 2.05) is 26.0 Å². The Morgan fingerprint density at radius 1 is 0.870 bits per heavy atom. The normalized spacial score (nSPS) is 14.2. The van der Waals surface area contributed by atoms with Crippen LogP contribution in [0, 0.1) is 6.92 Å². The fraction of sp³-hybridized carbons (Fsp3) is 0.429. The van der Waals surface area contributed by atoms with Crippen LogP contribution < -0.4 is 23.8 Å². The average Bonchev–Trinajstić information content (AvgIpc) is 3.07. The Hall–Kier alpha value is -4.25. The molecule has 3 aromatic rings. The number of hydrogen-bond acceptors (Lipinski definition) is 7. The van der Waals surface area contributed by atoms with E-state index in [9.17, 15) is 18.0 Å². The number of benzene rings is 3. The Bertz CT molecular complexity index is 1570. The number of rotatable bonds is 14. The van der Waals surface area contributed by atoms with Gasteiger partial charge in [0, 0.05) is 18.7 Å². The van der Waals surface area contributed by atoms with Gasteiger partial charge in [-0.1, -0.05) is 56.0 Å². The molecule has 1 fully saturated rings. The molecule has 0 radical (unpaired) electrons. The van der Waals surface area contributed by atoms with Gasteiger partial charge in [-0.3, -0.25) is 13.9 Å². The summed E-state index contributed by atoms with van der Waals surface area (Å²) in [5.41, 5.74) is 1.89. The first-order chi connectivity index (χ1) is 22.1. The van der Waals surface area contributed by atoms with Crippen LogP contribution in [0.1, 0.15) is 56.6 Å². The first-order valence-corrected chi connectivity index (χ1v) is 17.1. The first kappa shape index (κ1) is 34.6. The maximum atomic E-state index is 14.4. The lowest BCUT2D eigenvalue weighted by atomic mass is 9.95. The summed E-state index contributed by atoms with van der Waals surface area (Å²) < 4.78 is 45.6. The van der Waals surface area contributed by atoms with Gasteiger partial charge in [0.25, 0.3) is 10.0 Å². The van der Waals surface area contributed by atoms with Crippen LogP contribution in [-0.4, -0.2) is 65.1 Å². The summed E-state index contributed by atoms with van der Waals surface area (Å²) in [6.45, 7) is 3.28. The zero-order valence-corrected chi connectivity index (χ0v) is 28.1. The van der Waals surface area contributed by atoms with E-state index in [0.717, 1.165) is 47.5 Å². The number of nitrogens with zero attached hydrogens (tertiary/aromatic N) is 2. The van der Waals surface area contributed by atoms with E-state index >= 15 is 0 Å². The highest BCUT2D eigenvalue weighted by Gasteiger charge is 2.34. The van der Waals surface area contributed by atoms with Crippen LogP contribution in [0.4, 0.5) is 5.69 Å². The minimum Gasteiger partial charge on any atom is -0.497 e. The number of sulfonamides is 1. The molecule has 10 nitrogen and oxygen atoms in total. The summed E-state index contributed by atoms with van der Waals surface area (Å²) in [5.74, 6) is 0.622. The predicted molar refractivity (Wildman–Crippen MR) is 178 cm³/mol. The van der Waals surface area contributed by atoms with Gasteiger partial charge in [0.1, 0.15) is 18.3 Å². The van der Waals surface area contributed by atoms with E-state index in [0.29, 0.717) is 23.7 Å². The van der Waals surface area contributed by atoms with E-state index < -0.39 is 28.5 Å². The average molecular weight is 652 g/mol. The second-order valence-corrected chi connectivity index (χ2v) is 13.4. The van der Waals surface area contributed by atoms with Crippen molar-refractivity contribution in [3.8, 4) is 17.2 Å². The molecular weight excluding hydrogens is 606 g/mol. The van der Waals surface area contributed by atoms with Crippen LogP contribution in [0.2, 0.25) is 0 Å². The number of hydrogen-bond donors (Lipinski definition) is 1. The summed E-state index contributed by atoms with van der Waals surface area (Å²) in [6, 6.07) is 17.6. The van der Waals surface area contributed by atoms with Crippen LogP contribution in [-0.2, 0) is 26.2 Å². The second kappa shape index (κ2) is 15.8. The van der Waals surface area contributed by atoms with Gasteiger partial charge >= 0.3 is 0 Å². The molecular formula is C35H45N3O7S. The van der Waals surface area contributed by atoms with Crippen molar-refractivity contribution in [2.24, 2.45) is 0 Å². The number of anilines is 1. The van der Waals surface area contributed by atoms with E-state index in [1.54, 1.807) is 43.5 Å². The first-order valence-electron chi connectivity index (χ1n) is 15.7. The van der Waals surface area contributed by atoms with Crippen molar-refractivity contribution in [2.45, 2.75) is 75.9 Å². The number of carbonyl (C=O) groups excluding carboxylic acids is 2. The minimum atomic E-state index is -4.23. The third-order valence-electron chi connectivity index (χ3n) is 8.39. The van der Waals surface area contributed by atoms with E-state index in [2.05, 4.69) is 5.32 Å². The molecule has 0 aromatic heterocycles. The van der Waals surface area contributed by atoms with Crippen molar-refractivity contribution in [3.05, 3.63) is 77.9 Å². The van der Waals surface area contributed by atoms with E-state index in [4.69, 9.17) is 14.2 Å². The SMILES string of the molecule is CCC(C(=O)NC1CCCCC1)N(Cc1ccc(OC)cc1)C(=O)CN(c1ccc(OC)c(OC)c1)S(=O)(=O)c1ccc(C)cc1. The summed E-state index contributed by atoms with van der Waals surface area (Å²) in [4.78, 5) is 29.7. The quantitative estimate of drug-likeness (QED) is 0.246. The molecule has 1 saturated carbocycles. The molecule has 46 heavy (non-hydrogen) atoms. The van der Waals surface area contributed by atoms with Gasteiger partial charge in [0.2, 0.25) is 11.8 Å². The lowest BCUT2D eigenvalue weighted by molar-refractivity contribution is -0.140. The Balaban J connectivity index is 1.75. The predicted octanol–water partition coefficient (Wildman–Crippen LogP) is 5.47. The Labute approximate surface area is 272 Å². The Kier molecular flexibility index (Phi) is 11.9. The lowest BCUT2D eigenvalue weighted by Crippen LogP contribution is -2.54. The summed E-state index contributed by atoms with van der Waals surface area (Å²) in [7, 11) is 0.291. The van der Waals surface area contributed by atoms with Gasteiger partial charge in [-0.25, -0.2) is 8.42 Å². The molecule has 0 bridgehead atoms. The molecule has 1 unspecified atom stereocenters. The van der Waals surface area contributed by atoms with Crippen LogP contribution in [0.25, 0.3) is 0 Å². The highest BCUT2D eigenvalue weighted by atomic mass is 32.2. The highest BCUT2D eigenvalue weighted by molar-refractivity contribution is 7.92. The second-order valence-electron chi connectivity index (χ2n) is 11.5. The van der Waals surface area contributed by atoms with Crippen molar-refractivity contribution < 1.29 is 32.2 Å². The minimum absolute atomic E-state index is 0.0319. The smallest absolute Gasteiger partial charge is 0.264 e. The standard InChI is InChI=1S/C35H45N3O7S/c1-6-31(35(40)36-27-10-8-7-9-11-27)37(23-26-14-17-29(43-3)18-15-26)34(39)24-38(28-16-21-32(44-4)33(22-28)45-5)46(41,42)30-19-12-25(2)13-20-30/h12-22,27,31H,6-11,23-24H2,1-5H3,(H,36,40). The third kappa shape index (κ3) is 8.31. The number of nitrogens with one attached hydrogen (secondary N) is 1. The Morgan fingerprint density at radius 2 is 1.52 bits per heavy atom. The van der Waals surface area contributed by atoms with Crippen molar-refractivity contribution in [1.82, 2.24) is 10.2 Å². The van der Waals surface area contributed by atoms with Crippen molar-refractivity contribution >= 4 is 27.5 Å². The topological polar surface area (TPSA) is 114 Å². The summed E-state index contributed by atoms with van der Waals surface area (Å²) >= 11 is 0. The number of ether oxygens (including phenoxy) is 3. The molecule has 3 aromatic carbocycles. The van der Waals surface area contributed by atoms with Gasteiger partial charge in [-0.15, -0.1) is 0 Å². The van der Waals surface area contributed by atoms with Crippen LogP contribution in [0.5, 0.6) is 17.2 Å². The molecule has 1 aliphatic rings. The molecule has 2 amide bonds. The number of methoxy groups -OCH3 is 3. The number of aryl methyl sites for hydroxylation is 1. The van der Waals surface area contributed by atoms with Crippen molar-refractivity contribution in [1.29, 1.82) is 0 Å². The molecule has 0 spiro atoms. The van der Waals surface area contributed by atoms with Crippen LogP contribution in [0.15, 0.2) is 71.6 Å². The maximum absolute atomic E-state index is 14.4. The van der Waals surface area contributed by atoms with Gasteiger partial charge in [-0.2, -0.15) is 0 Å². The van der Waals surface area contributed by atoms with E-state index in [-0.39, 0.29) is 29.1 Å². The molecule has 0 aliphatic heterocycles. The fourth-order valence-corrected chi connectivity index (χ4v) is 7.14. The van der Waals surface area contributed by atoms with Gasteiger partial charge in [-0.05, 0) is 68.1 Å². The molecule has 4 rings (SSSR count). The number of amides is 2. The van der Waals surface area contributed by atoms with Gasteiger partial charge < -0.3 is 24.4 Å². The molecule has 248 valence electrons. The fourth-order valence-electron chi connectivity index (χ4n) is 5.74. The molecule has 11 heteroatoms. The monoisotopic (exact) mass is 651 g/mol. The molecule has 1 atom stereocenters. The molecule has 0 saturated heterocycles. The summed E-state index contributed by atoms with van der Waals surface area (Å²) in [5, 5.41) is 3.17. The highest BCUT2D eigenvalue weighted by Crippen LogP contribution is 2.34. The molecule has 0 heterocycles. The molecule has 1 N–H and O–H groups in total. The van der Waals surface area contributed by atoms with Gasteiger partial charge in [0.15, 0.2) is 11.5 Å².